The number of methoxy groups -OCH3 is 1. The van der Waals surface area contributed by atoms with Gasteiger partial charge in [0.05, 0.1) is 7.11 Å². The van der Waals surface area contributed by atoms with Gasteiger partial charge in [0.15, 0.2) is 6.61 Å². The molecule has 1 atom stereocenters. The Bertz CT molecular complexity index is 774. The van der Waals surface area contributed by atoms with Crippen LogP contribution in [-0.2, 0) is 16.1 Å². The Hall–Kier alpha value is -3.02. The zero-order valence-electron chi connectivity index (χ0n) is 16.2. The van der Waals surface area contributed by atoms with Gasteiger partial charge in [0.1, 0.15) is 17.5 Å². The molecular weight excluding hydrogens is 344 g/mol. The van der Waals surface area contributed by atoms with Crippen molar-refractivity contribution in [1.29, 1.82) is 0 Å². The van der Waals surface area contributed by atoms with Crippen LogP contribution in [0.25, 0.3) is 0 Å². The fourth-order valence-electron chi connectivity index (χ4n) is 2.62. The molecule has 6 nitrogen and oxygen atoms in total. The van der Waals surface area contributed by atoms with E-state index in [9.17, 15) is 9.59 Å². The SMILES string of the molecule is CNC(=O)C(C)N(Cc1cccc(OC)c1)C(=O)COc1ccc(C)cc1. The summed E-state index contributed by atoms with van der Waals surface area (Å²) in [5, 5.41) is 2.59. The molecule has 0 aliphatic heterocycles. The lowest BCUT2D eigenvalue weighted by Gasteiger charge is -2.28. The highest BCUT2D eigenvalue weighted by molar-refractivity contribution is 5.87. The normalized spacial score (nSPS) is 11.4. The van der Waals surface area contributed by atoms with Gasteiger partial charge in [0.2, 0.25) is 5.91 Å². The first kappa shape index (κ1) is 20.3. The fraction of sp³-hybridized carbons (Fsp3) is 0.333. The van der Waals surface area contributed by atoms with E-state index in [1.807, 2.05) is 55.5 Å². The monoisotopic (exact) mass is 370 g/mol. The minimum Gasteiger partial charge on any atom is -0.497 e. The highest BCUT2D eigenvalue weighted by Gasteiger charge is 2.26. The highest BCUT2D eigenvalue weighted by atomic mass is 16.5. The van der Waals surface area contributed by atoms with Crippen LogP contribution in [0.2, 0.25) is 0 Å². The molecule has 0 saturated carbocycles. The van der Waals surface area contributed by atoms with Crippen molar-refractivity contribution < 1.29 is 19.1 Å². The van der Waals surface area contributed by atoms with Gasteiger partial charge >= 0.3 is 0 Å². The number of hydrogen-bond donors (Lipinski definition) is 1. The zero-order valence-corrected chi connectivity index (χ0v) is 16.2. The van der Waals surface area contributed by atoms with Gasteiger partial charge in [-0.15, -0.1) is 0 Å². The number of likely N-dealkylation sites (N-methyl/N-ethyl adjacent to an activating group) is 1. The van der Waals surface area contributed by atoms with E-state index in [0.29, 0.717) is 11.5 Å². The molecule has 1 N–H and O–H groups in total. The Morgan fingerprint density at radius 2 is 1.81 bits per heavy atom. The van der Waals surface area contributed by atoms with Crippen molar-refractivity contribution in [2.75, 3.05) is 20.8 Å². The second-order valence-electron chi connectivity index (χ2n) is 6.27. The predicted octanol–water partition coefficient (Wildman–Crippen LogP) is 2.55. The summed E-state index contributed by atoms with van der Waals surface area (Å²) < 4.78 is 10.8. The van der Waals surface area contributed by atoms with Crippen molar-refractivity contribution in [2.24, 2.45) is 0 Å². The van der Waals surface area contributed by atoms with Crippen molar-refractivity contribution in [3.8, 4) is 11.5 Å². The van der Waals surface area contributed by atoms with E-state index in [-0.39, 0.29) is 25.0 Å². The number of carbonyl (C=O) groups excluding carboxylic acids is 2. The van der Waals surface area contributed by atoms with Crippen LogP contribution in [0.5, 0.6) is 11.5 Å². The Labute approximate surface area is 160 Å². The Balaban J connectivity index is 2.13. The van der Waals surface area contributed by atoms with Crippen LogP contribution in [0, 0.1) is 6.92 Å². The average molecular weight is 370 g/mol. The van der Waals surface area contributed by atoms with Crippen molar-refractivity contribution in [3.63, 3.8) is 0 Å². The summed E-state index contributed by atoms with van der Waals surface area (Å²) in [5.74, 6) is 0.808. The lowest BCUT2D eigenvalue weighted by molar-refractivity contribution is -0.142. The topological polar surface area (TPSA) is 67.9 Å². The molecule has 2 amide bonds. The molecule has 144 valence electrons. The lowest BCUT2D eigenvalue weighted by Crippen LogP contribution is -2.48. The average Bonchev–Trinajstić information content (AvgIpc) is 2.70. The quantitative estimate of drug-likeness (QED) is 0.775. The molecule has 0 aliphatic rings. The molecular formula is C21H26N2O4. The molecule has 0 saturated heterocycles. The van der Waals surface area contributed by atoms with Crippen LogP contribution in [-0.4, -0.2) is 43.5 Å². The Morgan fingerprint density at radius 3 is 2.44 bits per heavy atom. The first-order valence-electron chi connectivity index (χ1n) is 8.78. The summed E-state index contributed by atoms with van der Waals surface area (Å²) in [6.45, 7) is 3.81. The van der Waals surface area contributed by atoms with Gasteiger partial charge < -0.3 is 19.7 Å². The maximum Gasteiger partial charge on any atom is 0.261 e. The number of carbonyl (C=O) groups is 2. The van der Waals surface area contributed by atoms with Crippen LogP contribution < -0.4 is 14.8 Å². The van der Waals surface area contributed by atoms with Gasteiger partial charge in [-0.1, -0.05) is 29.8 Å². The summed E-state index contributed by atoms with van der Waals surface area (Å²) in [5.41, 5.74) is 1.98. The summed E-state index contributed by atoms with van der Waals surface area (Å²) in [4.78, 5) is 26.4. The molecule has 0 aromatic heterocycles. The molecule has 6 heteroatoms. The number of nitrogens with one attached hydrogen (secondary N) is 1. The minimum absolute atomic E-state index is 0.144. The van der Waals surface area contributed by atoms with Crippen molar-refractivity contribution in [1.82, 2.24) is 10.2 Å². The van der Waals surface area contributed by atoms with Gasteiger partial charge in [0, 0.05) is 13.6 Å². The molecule has 0 radical (unpaired) electrons. The van der Waals surface area contributed by atoms with E-state index >= 15 is 0 Å². The maximum absolute atomic E-state index is 12.8. The summed E-state index contributed by atoms with van der Waals surface area (Å²) in [6, 6.07) is 14.3. The number of hydrogen-bond acceptors (Lipinski definition) is 4. The molecule has 0 aliphatic carbocycles. The van der Waals surface area contributed by atoms with Crippen molar-refractivity contribution in [3.05, 3.63) is 59.7 Å². The minimum atomic E-state index is -0.629. The van der Waals surface area contributed by atoms with Crippen LogP contribution >= 0.6 is 0 Å². The number of benzene rings is 2. The van der Waals surface area contributed by atoms with E-state index in [1.165, 1.54) is 4.90 Å². The molecule has 2 aromatic carbocycles. The lowest BCUT2D eigenvalue weighted by atomic mass is 10.1. The standard InChI is InChI=1S/C21H26N2O4/c1-15-8-10-18(11-9-15)27-14-20(24)23(16(2)21(25)22-3)13-17-6-5-7-19(12-17)26-4/h5-12,16H,13-14H2,1-4H3,(H,22,25). The van der Waals surface area contributed by atoms with Gasteiger partial charge in [0.25, 0.3) is 5.91 Å². The van der Waals surface area contributed by atoms with Crippen LogP contribution in [0.1, 0.15) is 18.1 Å². The Kier molecular flexibility index (Phi) is 7.23. The van der Waals surface area contributed by atoms with E-state index in [2.05, 4.69) is 5.32 Å². The number of aryl methyl sites for hydroxylation is 1. The molecule has 1 unspecified atom stereocenters. The second kappa shape index (κ2) is 9.62. The van der Waals surface area contributed by atoms with Crippen molar-refractivity contribution in [2.45, 2.75) is 26.4 Å². The second-order valence-corrected chi connectivity index (χ2v) is 6.27. The molecule has 0 bridgehead atoms. The molecule has 0 spiro atoms. The number of amides is 2. The summed E-state index contributed by atoms with van der Waals surface area (Å²) >= 11 is 0. The van der Waals surface area contributed by atoms with E-state index < -0.39 is 6.04 Å². The molecule has 27 heavy (non-hydrogen) atoms. The third-order valence-corrected chi connectivity index (χ3v) is 4.28. The summed E-state index contributed by atoms with van der Waals surface area (Å²) in [6.07, 6.45) is 0. The third-order valence-electron chi connectivity index (χ3n) is 4.28. The first-order valence-corrected chi connectivity index (χ1v) is 8.78. The van der Waals surface area contributed by atoms with Gasteiger partial charge in [-0.3, -0.25) is 9.59 Å². The van der Waals surface area contributed by atoms with Crippen LogP contribution in [0.4, 0.5) is 0 Å². The largest absolute Gasteiger partial charge is 0.497 e. The highest BCUT2D eigenvalue weighted by Crippen LogP contribution is 2.17. The molecule has 2 aromatic rings. The van der Waals surface area contributed by atoms with Gasteiger partial charge in [-0.2, -0.15) is 0 Å². The zero-order chi connectivity index (χ0) is 19.8. The van der Waals surface area contributed by atoms with E-state index in [1.54, 1.807) is 21.1 Å². The first-order chi connectivity index (χ1) is 12.9. The smallest absolute Gasteiger partial charge is 0.261 e. The molecule has 0 fully saturated rings. The van der Waals surface area contributed by atoms with Crippen molar-refractivity contribution >= 4 is 11.8 Å². The predicted molar refractivity (Wildman–Crippen MR) is 104 cm³/mol. The Morgan fingerprint density at radius 1 is 1.11 bits per heavy atom. The van der Waals surface area contributed by atoms with E-state index in [0.717, 1.165) is 11.1 Å². The fourth-order valence-corrected chi connectivity index (χ4v) is 2.62. The summed E-state index contributed by atoms with van der Waals surface area (Å²) in [7, 11) is 3.14. The van der Waals surface area contributed by atoms with Crippen LogP contribution in [0.15, 0.2) is 48.5 Å². The van der Waals surface area contributed by atoms with E-state index in [4.69, 9.17) is 9.47 Å². The number of ether oxygens (including phenoxy) is 2. The molecule has 2 rings (SSSR count). The molecule has 0 heterocycles. The number of nitrogens with zero attached hydrogens (tertiary/aromatic N) is 1. The van der Waals surface area contributed by atoms with Gasteiger partial charge in [-0.05, 0) is 43.7 Å². The third kappa shape index (κ3) is 5.74. The van der Waals surface area contributed by atoms with Gasteiger partial charge in [-0.25, -0.2) is 0 Å². The maximum atomic E-state index is 12.8. The number of rotatable bonds is 8. The van der Waals surface area contributed by atoms with Crippen LogP contribution in [0.3, 0.4) is 0 Å².